The summed E-state index contributed by atoms with van der Waals surface area (Å²) in [7, 11) is 0. The third-order valence-corrected chi connectivity index (χ3v) is 4.85. The monoisotopic (exact) mass is 315 g/mol. The number of carbonyl (C=O) groups is 1. The molecule has 120 valence electrons. The lowest BCUT2D eigenvalue weighted by molar-refractivity contribution is -0.157. The highest BCUT2D eigenvalue weighted by Gasteiger charge is 2.54. The SMILES string of the molecule is O=C(O)[C@]12CCOC[C@H]1CN(c1noc(-c3ccccc3)n1)C2. The fourth-order valence-electron chi connectivity index (χ4n) is 3.49. The van der Waals surface area contributed by atoms with Crippen LogP contribution in [0.25, 0.3) is 11.5 Å². The van der Waals surface area contributed by atoms with E-state index in [4.69, 9.17) is 9.26 Å². The minimum Gasteiger partial charge on any atom is -0.481 e. The summed E-state index contributed by atoms with van der Waals surface area (Å²) in [5.74, 6) is 0.0717. The van der Waals surface area contributed by atoms with E-state index in [0.29, 0.717) is 44.6 Å². The molecule has 0 bridgehead atoms. The first-order valence-corrected chi connectivity index (χ1v) is 7.64. The van der Waals surface area contributed by atoms with Crippen LogP contribution in [-0.4, -0.2) is 47.5 Å². The number of nitrogens with zero attached hydrogens (tertiary/aromatic N) is 3. The van der Waals surface area contributed by atoms with E-state index in [1.54, 1.807) is 0 Å². The van der Waals surface area contributed by atoms with Crippen LogP contribution >= 0.6 is 0 Å². The van der Waals surface area contributed by atoms with Crippen molar-refractivity contribution < 1.29 is 19.2 Å². The molecule has 7 nitrogen and oxygen atoms in total. The van der Waals surface area contributed by atoms with Crippen molar-refractivity contribution in [2.45, 2.75) is 6.42 Å². The van der Waals surface area contributed by atoms with Crippen molar-refractivity contribution >= 4 is 11.9 Å². The maximum absolute atomic E-state index is 11.8. The van der Waals surface area contributed by atoms with Crippen molar-refractivity contribution in [3.8, 4) is 11.5 Å². The Balaban J connectivity index is 1.60. The quantitative estimate of drug-likeness (QED) is 0.921. The van der Waals surface area contributed by atoms with Crippen molar-refractivity contribution in [1.82, 2.24) is 10.1 Å². The van der Waals surface area contributed by atoms with Gasteiger partial charge in [0.1, 0.15) is 0 Å². The summed E-state index contributed by atoms with van der Waals surface area (Å²) >= 11 is 0. The first-order chi connectivity index (χ1) is 11.2. The summed E-state index contributed by atoms with van der Waals surface area (Å²) in [5.41, 5.74) is 0.0744. The molecule has 0 unspecified atom stereocenters. The van der Waals surface area contributed by atoms with Gasteiger partial charge in [0.25, 0.3) is 11.8 Å². The number of hydrogen-bond donors (Lipinski definition) is 1. The lowest BCUT2D eigenvalue weighted by Crippen LogP contribution is -2.44. The summed E-state index contributed by atoms with van der Waals surface area (Å²) in [6.07, 6.45) is 0.521. The Labute approximate surface area is 132 Å². The molecule has 2 aliphatic rings. The molecule has 2 aliphatic heterocycles. The van der Waals surface area contributed by atoms with Crippen LogP contribution in [-0.2, 0) is 9.53 Å². The molecule has 2 atom stereocenters. The van der Waals surface area contributed by atoms with Gasteiger partial charge in [-0.1, -0.05) is 18.2 Å². The second-order valence-corrected chi connectivity index (χ2v) is 6.13. The number of rotatable bonds is 3. The fraction of sp³-hybridized carbons (Fsp3) is 0.438. The average Bonchev–Trinajstić information content (AvgIpc) is 3.21. The van der Waals surface area contributed by atoms with E-state index in [1.165, 1.54) is 0 Å². The molecule has 1 aromatic carbocycles. The van der Waals surface area contributed by atoms with Crippen LogP contribution in [0.3, 0.4) is 0 Å². The molecule has 7 heteroatoms. The molecule has 0 amide bonds. The molecular weight excluding hydrogens is 298 g/mol. The molecule has 2 fully saturated rings. The van der Waals surface area contributed by atoms with Gasteiger partial charge in [-0.2, -0.15) is 4.98 Å². The first kappa shape index (κ1) is 14.2. The van der Waals surface area contributed by atoms with Gasteiger partial charge < -0.3 is 19.3 Å². The van der Waals surface area contributed by atoms with Gasteiger partial charge in [0.15, 0.2) is 0 Å². The summed E-state index contributed by atoms with van der Waals surface area (Å²) in [6, 6.07) is 9.52. The fourth-order valence-corrected chi connectivity index (χ4v) is 3.49. The van der Waals surface area contributed by atoms with Gasteiger partial charge in [-0.25, -0.2) is 0 Å². The largest absolute Gasteiger partial charge is 0.481 e. The van der Waals surface area contributed by atoms with E-state index in [2.05, 4.69) is 10.1 Å². The van der Waals surface area contributed by atoms with Crippen LogP contribution in [0.15, 0.2) is 34.9 Å². The van der Waals surface area contributed by atoms with Crippen LogP contribution < -0.4 is 4.90 Å². The van der Waals surface area contributed by atoms with Crippen LogP contribution in [0.5, 0.6) is 0 Å². The number of hydrogen-bond acceptors (Lipinski definition) is 6. The zero-order chi connectivity index (χ0) is 15.9. The second kappa shape index (κ2) is 5.34. The van der Waals surface area contributed by atoms with Crippen molar-refractivity contribution in [2.75, 3.05) is 31.2 Å². The Morgan fingerprint density at radius 2 is 2.17 bits per heavy atom. The molecule has 1 N–H and O–H groups in total. The molecule has 0 aliphatic carbocycles. The zero-order valence-corrected chi connectivity index (χ0v) is 12.5. The predicted molar refractivity (Wildman–Crippen MR) is 80.9 cm³/mol. The van der Waals surface area contributed by atoms with Gasteiger partial charge in [-0.3, -0.25) is 4.79 Å². The van der Waals surface area contributed by atoms with E-state index >= 15 is 0 Å². The van der Waals surface area contributed by atoms with Crippen LogP contribution in [0, 0.1) is 11.3 Å². The molecule has 0 spiro atoms. The van der Waals surface area contributed by atoms with Crippen LogP contribution in [0.2, 0.25) is 0 Å². The first-order valence-electron chi connectivity index (χ1n) is 7.64. The number of aliphatic carboxylic acids is 1. The lowest BCUT2D eigenvalue weighted by Gasteiger charge is -2.33. The summed E-state index contributed by atoms with van der Waals surface area (Å²) < 4.78 is 10.8. The Morgan fingerprint density at radius 3 is 2.91 bits per heavy atom. The van der Waals surface area contributed by atoms with Gasteiger partial charge in [-0.15, -0.1) is 0 Å². The van der Waals surface area contributed by atoms with Crippen molar-refractivity contribution in [3.63, 3.8) is 0 Å². The van der Waals surface area contributed by atoms with Crippen molar-refractivity contribution in [1.29, 1.82) is 0 Å². The van der Waals surface area contributed by atoms with Gasteiger partial charge >= 0.3 is 5.97 Å². The molecule has 0 saturated carbocycles. The Kier molecular flexibility index (Phi) is 3.30. The highest BCUT2D eigenvalue weighted by atomic mass is 16.5. The van der Waals surface area contributed by atoms with E-state index in [9.17, 15) is 9.90 Å². The third-order valence-electron chi connectivity index (χ3n) is 4.85. The lowest BCUT2D eigenvalue weighted by atomic mass is 9.74. The number of ether oxygens (including phenoxy) is 1. The van der Waals surface area contributed by atoms with Gasteiger partial charge in [-0.05, 0) is 23.7 Å². The van der Waals surface area contributed by atoms with Crippen LogP contribution in [0.1, 0.15) is 6.42 Å². The molecule has 2 saturated heterocycles. The van der Waals surface area contributed by atoms with Gasteiger partial charge in [0.05, 0.1) is 12.0 Å². The second-order valence-electron chi connectivity index (χ2n) is 6.13. The standard InChI is InChI=1S/C16H17N3O4/c20-14(21)16-6-7-22-9-12(16)8-19(10-16)15-17-13(23-18-15)11-4-2-1-3-5-11/h1-5,12H,6-10H2,(H,20,21)/t12-,16+/m1/s1. The zero-order valence-electron chi connectivity index (χ0n) is 12.5. The maximum atomic E-state index is 11.8. The van der Waals surface area contributed by atoms with E-state index in [1.807, 2.05) is 35.2 Å². The predicted octanol–water partition coefficient (Wildman–Crippen LogP) is 1.66. The number of carboxylic acids is 1. The molecule has 3 heterocycles. The molecule has 2 aromatic rings. The molecule has 4 rings (SSSR count). The van der Waals surface area contributed by atoms with Crippen LogP contribution in [0.4, 0.5) is 5.95 Å². The Bertz CT molecular complexity index is 717. The minimum atomic E-state index is -0.772. The average molecular weight is 315 g/mol. The number of fused-ring (bicyclic) bond motifs is 1. The number of anilines is 1. The normalized spacial score (nSPS) is 27.0. The number of benzene rings is 1. The van der Waals surface area contributed by atoms with Gasteiger partial charge in [0.2, 0.25) is 0 Å². The summed E-state index contributed by atoms with van der Waals surface area (Å²) in [4.78, 5) is 18.1. The summed E-state index contributed by atoms with van der Waals surface area (Å²) in [5, 5.41) is 13.7. The molecule has 1 aromatic heterocycles. The summed E-state index contributed by atoms with van der Waals surface area (Å²) in [6.45, 7) is 1.91. The van der Waals surface area contributed by atoms with E-state index in [-0.39, 0.29) is 5.92 Å². The Hall–Kier alpha value is -2.41. The van der Waals surface area contributed by atoms with E-state index < -0.39 is 11.4 Å². The smallest absolute Gasteiger partial charge is 0.311 e. The third kappa shape index (κ3) is 2.28. The molecule has 23 heavy (non-hydrogen) atoms. The Morgan fingerprint density at radius 1 is 1.35 bits per heavy atom. The number of carboxylic acid groups (broad SMARTS) is 1. The molecular formula is C16H17N3O4. The maximum Gasteiger partial charge on any atom is 0.311 e. The van der Waals surface area contributed by atoms with Crippen molar-refractivity contribution in [3.05, 3.63) is 30.3 Å². The topological polar surface area (TPSA) is 88.7 Å². The van der Waals surface area contributed by atoms with Gasteiger partial charge in [0, 0.05) is 31.2 Å². The molecule has 0 radical (unpaired) electrons. The minimum absolute atomic E-state index is 0.0487. The highest BCUT2D eigenvalue weighted by Crippen LogP contribution is 2.43. The van der Waals surface area contributed by atoms with E-state index in [0.717, 1.165) is 5.56 Å². The number of aromatic nitrogens is 2. The highest BCUT2D eigenvalue weighted by molar-refractivity contribution is 5.77. The van der Waals surface area contributed by atoms with Crippen molar-refractivity contribution in [2.24, 2.45) is 11.3 Å².